The minimum atomic E-state index is -3.73. The summed E-state index contributed by atoms with van der Waals surface area (Å²) in [5.41, 5.74) is 1.49. The number of carboxylic acids is 2. The predicted molar refractivity (Wildman–Crippen MR) is 112 cm³/mol. The third-order valence-corrected chi connectivity index (χ3v) is 6.79. The van der Waals surface area contributed by atoms with E-state index >= 15 is 0 Å². The molecule has 0 saturated heterocycles. The van der Waals surface area contributed by atoms with Crippen LogP contribution in [-0.2, 0) is 14.8 Å². The lowest BCUT2D eigenvalue weighted by molar-refractivity contribution is -0.139. The predicted octanol–water partition coefficient (Wildman–Crippen LogP) is 3.69. The molecule has 0 atom stereocenters. The van der Waals surface area contributed by atoms with Crippen LogP contribution in [-0.4, -0.2) is 37.2 Å². The number of sulfonamides is 1. The Morgan fingerprint density at radius 2 is 1.67 bits per heavy atom. The number of ether oxygens (including phenoxy) is 1. The number of hydrogen-bond donors (Lipinski definition) is 3. The molecule has 10 heteroatoms. The van der Waals surface area contributed by atoms with Gasteiger partial charge in [0.2, 0.25) is 0 Å². The average Bonchev–Trinajstić information content (AvgIpc) is 3.04. The van der Waals surface area contributed by atoms with Crippen LogP contribution in [0.15, 0.2) is 59.5 Å². The van der Waals surface area contributed by atoms with E-state index in [1.165, 1.54) is 12.1 Å². The summed E-state index contributed by atoms with van der Waals surface area (Å²) in [6.45, 7) is 0.985. The van der Waals surface area contributed by atoms with Crippen molar-refractivity contribution >= 4 is 39.0 Å². The van der Waals surface area contributed by atoms with Gasteiger partial charge in [0.05, 0.1) is 4.90 Å². The smallest absolute Gasteiger partial charge is 0.349 e. The van der Waals surface area contributed by atoms with E-state index in [-0.39, 0.29) is 15.5 Å². The number of carbonyl (C=O) groups is 2. The van der Waals surface area contributed by atoms with Gasteiger partial charge < -0.3 is 14.9 Å². The van der Waals surface area contributed by atoms with Crippen molar-refractivity contribution in [2.24, 2.45) is 0 Å². The second-order valence-electron chi connectivity index (χ2n) is 6.20. The maximum absolute atomic E-state index is 12.4. The van der Waals surface area contributed by atoms with Crippen molar-refractivity contribution in [3.05, 3.63) is 65.0 Å². The topological polar surface area (TPSA) is 130 Å². The van der Waals surface area contributed by atoms with E-state index in [9.17, 15) is 23.1 Å². The van der Waals surface area contributed by atoms with Gasteiger partial charge in [-0.25, -0.2) is 18.0 Å². The summed E-state index contributed by atoms with van der Waals surface area (Å²) < 4.78 is 32.5. The molecule has 1 aromatic heterocycles. The van der Waals surface area contributed by atoms with Crippen molar-refractivity contribution in [1.82, 2.24) is 0 Å². The molecule has 0 fully saturated rings. The zero-order valence-corrected chi connectivity index (χ0v) is 17.3. The van der Waals surface area contributed by atoms with Crippen LogP contribution in [0.25, 0.3) is 10.4 Å². The van der Waals surface area contributed by atoms with Gasteiger partial charge in [-0.2, -0.15) is 0 Å². The molecule has 3 aromatic rings. The Labute approximate surface area is 176 Å². The van der Waals surface area contributed by atoms with Crippen molar-refractivity contribution in [2.75, 3.05) is 11.3 Å². The number of aromatic carboxylic acids is 1. The normalized spacial score (nSPS) is 11.1. The van der Waals surface area contributed by atoms with Crippen LogP contribution in [0, 0.1) is 6.92 Å². The Kier molecular flexibility index (Phi) is 6.09. The van der Waals surface area contributed by atoms with Crippen molar-refractivity contribution < 1.29 is 33.0 Å². The van der Waals surface area contributed by atoms with Crippen LogP contribution in [0.4, 0.5) is 5.69 Å². The highest BCUT2D eigenvalue weighted by molar-refractivity contribution is 7.92. The summed E-state index contributed by atoms with van der Waals surface area (Å²) in [6.07, 6.45) is 0. The van der Waals surface area contributed by atoms with E-state index in [4.69, 9.17) is 9.84 Å². The fourth-order valence-electron chi connectivity index (χ4n) is 2.73. The molecule has 0 aliphatic heterocycles. The first-order valence-electron chi connectivity index (χ1n) is 8.58. The van der Waals surface area contributed by atoms with Crippen LogP contribution >= 0.6 is 11.3 Å². The van der Waals surface area contributed by atoms with Crippen molar-refractivity contribution in [2.45, 2.75) is 11.8 Å². The zero-order chi connectivity index (χ0) is 21.9. The molecule has 1 heterocycles. The Bertz CT molecular complexity index is 1180. The average molecular weight is 447 g/mol. The van der Waals surface area contributed by atoms with Gasteiger partial charge in [0.1, 0.15) is 5.75 Å². The second-order valence-corrected chi connectivity index (χ2v) is 8.90. The van der Waals surface area contributed by atoms with E-state index in [2.05, 4.69) is 4.72 Å². The molecule has 0 aliphatic carbocycles. The van der Waals surface area contributed by atoms with Crippen molar-refractivity contribution in [1.29, 1.82) is 0 Å². The van der Waals surface area contributed by atoms with Gasteiger partial charge in [-0.05, 0) is 36.8 Å². The first-order valence-corrected chi connectivity index (χ1v) is 10.9. The van der Waals surface area contributed by atoms with Gasteiger partial charge in [-0.1, -0.05) is 30.3 Å². The lowest BCUT2D eigenvalue weighted by Gasteiger charge is -2.09. The highest BCUT2D eigenvalue weighted by Crippen LogP contribution is 2.41. The third kappa shape index (κ3) is 4.61. The van der Waals surface area contributed by atoms with Gasteiger partial charge in [0.15, 0.2) is 11.5 Å². The van der Waals surface area contributed by atoms with Gasteiger partial charge in [-0.3, -0.25) is 4.72 Å². The summed E-state index contributed by atoms with van der Waals surface area (Å²) in [4.78, 5) is 22.9. The maximum atomic E-state index is 12.4. The molecule has 0 unspecified atom stereocenters. The molecule has 2 aromatic carbocycles. The largest absolute Gasteiger partial charge is 0.480 e. The van der Waals surface area contributed by atoms with Gasteiger partial charge >= 0.3 is 11.9 Å². The first kappa shape index (κ1) is 21.3. The fraction of sp³-hybridized carbons (Fsp3) is 0.100. The van der Waals surface area contributed by atoms with Crippen molar-refractivity contribution in [3.8, 4) is 16.2 Å². The molecule has 0 saturated carbocycles. The molecule has 0 aliphatic rings. The first-order chi connectivity index (χ1) is 14.2. The quantitative estimate of drug-likeness (QED) is 0.480. The fourth-order valence-corrected chi connectivity index (χ4v) is 4.90. The molecular formula is C20H17NO7S2. The minimum absolute atomic E-state index is 0.0127. The molecule has 0 amide bonds. The number of carboxylic acid groups (broad SMARTS) is 2. The molecule has 156 valence electrons. The number of nitrogens with one attached hydrogen (secondary N) is 1. The van der Waals surface area contributed by atoms with E-state index < -0.39 is 28.6 Å². The zero-order valence-electron chi connectivity index (χ0n) is 15.7. The number of anilines is 1. The van der Waals surface area contributed by atoms with Crippen LogP contribution in [0.5, 0.6) is 5.75 Å². The third-order valence-electron chi connectivity index (χ3n) is 4.08. The standard InChI is InChI=1S/C20H17NO7S2/c1-12-17(28-11-16(22)23)19(20(24)25)29-18(12)13-7-9-14(10-8-13)21-30(26,27)15-5-3-2-4-6-15/h2-10,21H,11H2,1H3,(H,22,23)(H,24,25). The lowest BCUT2D eigenvalue weighted by Crippen LogP contribution is -2.12. The summed E-state index contributed by atoms with van der Waals surface area (Å²) in [7, 11) is -3.73. The van der Waals surface area contributed by atoms with Crippen LogP contribution in [0.1, 0.15) is 15.2 Å². The van der Waals surface area contributed by atoms with Crippen molar-refractivity contribution in [3.63, 3.8) is 0 Å². The summed E-state index contributed by atoms with van der Waals surface area (Å²) in [5.74, 6) is -2.42. The summed E-state index contributed by atoms with van der Waals surface area (Å²) in [6, 6.07) is 14.4. The van der Waals surface area contributed by atoms with Gasteiger partial charge in [0.25, 0.3) is 10.0 Å². The summed E-state index contributed by atoms with van der Waals surface area (Å²) in [5, 5.41) is 18.2. The van der Waals surface area contributed by atoms with E-state index in [1.807, 2.05) is 0 Å². The lowest BCUT2D eigenvalue weighted by atomic mass is 10.1. The van der Waals surface area contributed by atoms with Gasteiger partial charge in [0, 0.05) is 16.1 Å². The highest BCUT2D eigenvalue weighted by Gasteiger charge is 2.23. The Morgan fingerprint density at radius 1 is 1.03 bits per heavy atom. The van der Waals surface area contributed by atoms with Gasteiger partial charge in [-0.15, -0.1) is 11.3 Å². The number of rotatable bonds is 8. The number of hydrogen-bond acceptors (Lipinski definition) is 6. The second kappa shape index (κ2) is 8.56. The Hall–Kier alpha value is -3.37. The van der Waals surface area contributed by atoms with E-state index in [1.54, 1.807) is 49.4 Å². The van der Waals surface area contributed by atoms with Crippen LogP contribution < -0.4 is 9.46 Å². The number of benzene rings is 2. The minimum Gasteiger partial charge on any atom is -0.480 e. The molecule has 0 spiro atoms. The van der Waals surface area contributed by atoms with Crippen LogP contribution in [0.3, 0.4) is 0 Å². The van der Waals surface area contributed by atoms with E-state index in [0.29, 0.717) is 21.7 Å². The number of aliphatic carboxylic acids is 1. The molecule has 0 bridgehead atoms. The molecule has 8 nitrogen and oxygen atoms in total. The summed E-state index contributed by atoms with van der Waals surface area (Å²) >= 11 is 0.959. The van der Waals surface area contributed by atoms with Crippen LogP contribution in [0.2, 0.25) is 0 Å². The Morgan fingerprint density at radius 3 is 2.23 bits per heavy atom. The number of thiophene rings is 1. The molecule has 3 N–H and O–H groups in total. The van der Waals surface area contributed by atoms with E-state index in [0.717, 1.165) is 11.3 Å². The maximum Gasteiger partial charge on any atom is 0.349 e. The monoisotopic (exact) mass is 447 g/mol. The molecule has 3 rings (SSSR count). The Balaban J connectivity index is 1.88. The molecule has 0 radical (unpaired) electrons. The molecule has 30 heavy (non-hydrogen) atoms. The molecular weight excluding hydrogens is 430 g/mol. The highest BCUT2D eigenvalue weighted by atomic mass is 32.2. The SMILES string of the molecule is Cc1c(-c2ccc(NS(=O)(=O)c3ccccc3)cc2)sc(C(=O)O)c1OCC(=O)O.